The normalized spacial score (nSPS) is 18.1. The van der Waals surface area contributed by atoms with E-state index in [-0.39, 0.29) is 6.54 Å². The maximum atomic E-state index is 12.4. The third-order valence-corrected chi connectivity index (χ3v) is 5.63. The molecule has 19 heavy (non-hydrogen) atoms. The average Bonchev–Trinajstić information content (AvgIpc) is 2.85. The van der Waals surface area contributed by atoms with Crippen LogP contribution in [0.4, 0.5) is 0 Å². The SMILES string of the molecule is CCC(C)(CN)NS(=O)(=O)c1ccc2c(c1)CCC2. The molecule has 1 aliphatic rings. The van der Waals surface area contributed by atoms with E-state index in [0.29, 0.717) is 11.3 Å². The fourth-order valence-corrected chi connectivity index (χ4v) is 3.90. The first-order valence-corrected chi connectivity index (χ1v) is 8.24. The van der Waals surface area contributed by atoms with Gasteiger partial charge in [-0.1, -0.05) is 13.0 Å². The number of hydrogen-bond donors (Lipinski definition) is 2. The van der Waals surface area contributed by atoms with E-state index < -0.39 is 15.6 Å². The van der Waals surface area contributed by atoms with E-state index >= 15 is 0 Å². The fourth-order valence-electron chi connectivity index (χ4n) is 2.36. The van der Waals surface area contributed by atoms with Crippen molar-refractivity contribution < 1.29 is 8.42 Å². The minimum absolute atomic E-state index is 0.285. The predicted molar refractivity (Wildman–Crippen MR) is 76.5 cm³/mol. The summed E-state index contributed by atoms with van der Waals surface area (Å²) in [5.74, 6) is 0. The van der Waals surface area contributed by atoms with Crippen LogP contribution in [0.25, 0.3) is 0 Å². The first-order valence-electron chi connectivity index (χ1n) is 6.76. The molecule has 0 bridgehead atoms. The summed E-state index contributed by atoms with van der Waals surface area (Å²) in [5, 5.41) is 0. The van der Waals surface area contributed by atoms with Crippen LogP contribution in [0.3, 0.4) is 0 Å². The lowest BCUT2D eigenvalue weighted by molar-refractivity contribution is 0.411. The van der Waals surface area contributed by atoms with Gasteiger partial charge < -0.3 is 5.73 Å². The molecule has 1 aliphatic carbocycles. The first kappa shape index (κ1) is 14.5. The van der Waals surface area contributed by atoms with E-state index in [1.54, 1.807) is 12.1 Å². The molecular weight excluding hydrogens is 260 g/mol. The Bertz CT molecular complexity index is 563. The number of fused-ring (bicyclic) bond motifs is 1. The van der Waals surface area contributed by atoms with Crippen LogP contribution in [0.5, 0.6) is 0 Å². The lowest BCUT2D eigenvalue weighted by atomic mass is 10.0. The van der Waals surface area contributed by atoms with Crippen LogP contribution in [0.15, 0.2) is 23.1 Å². The molecule has 0 radical (unpaired) electrons. The lowest BCUT2D eigenvalue weighted by Crippen LogP contribution is -2.50. The Kier molecular flexibility index (Phi) is 3.99. The Hall–Kier alpha value is -0.910. The van der Waals surface area contributed by atoms with Crippen molar-refractivity contribution in [1.29, 1.82) is 0 Å². The fraction of sp³-hybridized carbons (Fsp3) is 0.571. The van der Waals surface area contributed by atoms with E-state index in [0.717, 1.165) is 24.8 Å². The van der Waals surface area contributed by atoms with E-state index in [1.165, 1.54) is 5.56 Å². The summed E-state index contributed by atoms with van der Waals surface area (Å²) in [5.41, 5.74) is 7.52. The molecule has 2 rings (SSSR count). The minimum atomic E-state index is -3.49. The summed E-state index contributed by atoms with van der Waals surface area (Å²) in [4.78, 5) is 0.348. The van der Waals surface area contributed by atoms with E-state index in [2.05, 4.69) is 4.72 Å². The Morgan fingerprint density at radius 3 is 2.63 bits per heavy atom. The van der Waals surface area contributed by atoms with E-state index in [4.69, 9.17) is 5.73 Å². The van der Waals surface area contributed by atoms with Crippen LogP contribution in [0, 0.1) is 0 Å². The van der Waals surface area contributed by atoms with Gasteiger partial charge in [0.15, 0.2) is 0 Å². The number of aryl methyl sites for hydroxylation is 2. The smallest absolute Gasteiger partial charge is 0.241 e. The summed E-state index contributed by atoms with van der Waals surface area (Å²) >= 11 is 0. The van der Waals surface area contributed by atoms with Crippen molar-refractivity contribution in [2.75, 3.05) is 6.54 Å². The Morgan fingerprint density at radius 2 is 2.00 bits per heavy atom. The van der Waals surface area contributed by atoms with Gasteiger partial charge in [0.05, 0.1) is 4.90 Å². The van der Waals surface area contributed by atoms with Gasteiger partial charge in [-0.3, -0.25) is 0 Å². The number of sulfonamides is 1. The molecule has 106 valence electrons. The second kappa shape index (κ2) is 5.23. The van der Waals surface area contributed by atoms with Crippen LogP contribution in [-0.4, -0.2) is 20.5 Å². The quantitative estimate of drug-likeness (QED) is 0.861. The first-order chi connectivity index (χ1) is 8.90. The molecule has 0 spiro atoms. The average molecular weight is 282 g/mol. The largest absolute Gasteiger partial charge is 0.329 e. The summed E-state index contributed by atoms with van der Waals surface area (Å²) in [7, 11) is -3.49. The van der Waals surface area contributed by atoms with E-state index in [1.807, 2.05) is 19.9 Å². The molecule has 1 aromatic rings. The van der Waals surface area contributed by atoms with Crippen LogP contribution in [0.1, 0.15) is 37.8 Å². The molecular formula is C14H22N2O2S. The van der Waals surface area contributed by atoms with Gasteiger partial charge in [0.25, 0.3) is 0 Å². The van der Waals surface area contributed by atoms with Crippen molar-refractivity contribution in [3.8, 4) is 0 Å². The minimum Gasteiger partial charge on any atom is -0.329 e. The number of benzene rings is 1. The highest BCUT2D eigenvalue weighted by atomic mass is 32.2. The maximum absolute atomic E-state index is 12.4. The van der Waals surface area contributed by atoms with Crippen molar-refractivity contribution in [2.24, 2.45) is 5.73 Å². The van der Waals surface area contributed by atoms with Gasteiger partial charge in [0, 0.05) is 12.1 Å². The van der Waals surface area contributed by atoms with Gasteiger partial charge in [-0.2, -0.15) is 0 Å². The van der Waals surface area contributed by atoms with Gasteiger partial charge >= 0.3 is 0 Å². The zero-order chi connectivity index (χ0) is 14.1. The van der Waals surface area contributed by atoms with Crippen molar-refractivity contribution in [1.82, 2.24) is 4.72 Å². The Morgan fingerprint density at radius 1 is 1.32 bits per heavy atom. The summed E-state index contributed by atoms with van der Waals surface area (Å²) < 4.78 is 27.5. The molecule has 0 heterocycles. The zero-order valence-corrected chi connectivity index (χ0v) is 12.4. The molecule has 1 atom stereocenters. The van der Waals surface area contributed by atoms with Gasteiger partial charge in [-0.15, -0.1) is 0 Å². The van der Waals surface area contributed by atoms with Crippen LogP contribution >= 0.6 is 0 Å². The van der Waals surface area contributed by atoms with Crippen molar-refractivity contribution in [2.45, 2.75) is 50.0 Å². The molecule has 1 aromatic carbocycles. The summed E-state index contributed by atoms with van der Waals surface area (Å²) in [6.45, 7) is 4.05. The van der Waals surface area contributed by atoms with Gasteiger partial charge in [-0.25, -0.2) is 13.1 Å². The van der Waals surface area contributed by atoms with Crippen LogP contribution in [-0.2, 0) is 22.9 Å². The van der Waals surface area contributed by atoms with Crippen LogP contribution in [0.2, 0.25) is 0 Å². The second-order valence-electron chi connectivity index (χ2n) is 5.51. The molecule has 0 aliphatic heterocycles. The lowest BCUT2D eigenvalue weighted by Gasteiger charge is -2.27. The third kappa shape index (κ3) is 2.99. The summed E-state index contributed by atoms with van der Waals surface area (Å²) in [6, 6.07) is 5.43. The highest BCUT2D eigenvalue weighted by Gasteiger charge is 2.28. The standard InChI is InChI=1S/C14H22N2O2S/c1-3-14(2,10-15)16-19(17,18)13-8-7-11-5-4-6-12(11)9-13/h7-9,16H,3-6,10,15H2,1-2H3. The molecule has 0 aromatic heterocycles. The van der Waals surface area contributed by atoms with Crippen molar-refractivity contribution in [3.05, 3.63) is 29.3 Å². The number of hydrogen-bond acceptors (Lipinski definition) is 3. The molecule has 3 N–H and O–H groups in total. The third-order valence-electron chi connectivity index (χ3n) is 3.99. The topological polar surface area (TPSA) is 72.2 Å². The molecule has 0 fully saturated rings. The number of nitrogens with one attached hydrogen (secondary N) is 1. The molecule has 1 unspecified atom stereocenters. The van der Waals surface area contributed by atoms with Crippen molar-refractivity contribution in [3.63, 3.8) is 0 Å². The van der Waals surface area contributed by atoms with Crippen LogP contribution < -0.4 is 10.5 Å². The maximum Gasteiger partial charge on any atom is 0.241 e. The molecule has 0 amide bonds. The summed E-state index contributed by atoms with van der Waals surface area (Å²) in [6.07, 6.45) is 3.80. The van der Waals surface area contributed by atoms with Gasteiger partial charge in [0.2, 0.25) is 10.0 Å². The van der Waals surface area contributed by atoms with Crippen molar-refractivity contribution >= 4 is 10.0 Å². The zero-order valence-electron chi connectivity index (χ0n) is 11.6. The number of rotatable bonds is 5. The number of nitrogens with two attached hydrogens (primary N) is 1. The van der Waals surface area contributed by atoms with Gasteiger partial charge in [-0.05, 0) is 55.9 Å². The Balaban J connectivity index is 2.30. The molecule has 0 saturated carbocycles. The van der Waals surface area contributed by atoms with E-state index in [9.17, 15) is 8.42 Å². The van der Waals surface area contributed by atoms with Gasteiger partial charge in [0.1, 0.15) is 0 Å². The second-order valence-corrected chi connectivity index (χ2v) is 7.19. The molecule has 4 nitrogen and oxygen atoms in total. The molecule has 0 saturated heterocycles. The highest BCUT2D eigenvalue weighted by Crippen LogP contribution is 2.25. The monoisotopic (exact) mass is 282 g/mol. The predicted octanol–water partition coefficient (Wildman–Crippen LogP) is 1.58. The Labute approximate surface area is 115 Å². The molecule has 5 heteroatoms. The highest BCUT2D eigenvalue weighted by molar-refractivity contribution is 7.89.